The number of rotatable bonds is 35. The van der Waals surface area contributed by atoms with E-state index in [1.165, 1.54) is 77.0 Å². The largest absolute Gasteiger partial charge is 0.756 e. The van der Waals surface area contributed by atoms with E-state index in [1.807, 2.05) is 21.1 Å². The van der Waals surface area contributed by atoms with Gasteiger partial charge in [-0.3, -0.25) is 18.7 Å². The molecule has 0 aliphatic carbocycles. The summed E-state index contributed by atoms with van der Waals surface area (Å²) in [5, 5.41) is 21.0. The highest BCUT2D eigenvalue weighted by molar-refractivity contribution is 7.46. The number of aliphatic hydroxyl groups excluding tert-OH is 2. The van der Waals surface area contributed by atoms with Crippen molar-refractivity contribution in [3.8, 4) is 0 Å². The lowest BCUT2D eigenvalue weighted by Crippen LogP contribution is -2.59. The molecule has 0 saturated carbocycles. The molecule has 0 bridgehead atoms. The van der Waals surface area contributed by atoms with E-state index >= 15 is 0 Å². The standard InChI is InChI=1S/C38H76NO8P/c1-7-10-12-14-16-18-20-22-24-26-28-30-35(41)38(37(43)33-40,47-48(44,45)46-34(9-3)32-39(4,5)6)36(42)31-29-27-25-23-21-19-17-15-13-11-8-2/h34,37,40,43H,7-33H2,1-6H3/t34?,37-/m0/s1. The number of phosphoric acid groups is 1. The number of likely N-dealkylation sites (N-methyl/N-ethyl adjacent to an activating group) is 1. The number of aliphatic hydroxyl groups is 2. The van der Waals surface area contributed by atoms with Gasteiger partial charge in [0, 0.05) is 12.8 Å². The third-order valence-electron chi connectivity index (χ3n) is 9.23. The van der Waals surface area contributed by atoms with E-state index in [0.29, 0.717) is 30.3 Å². The first-order valence-electron chi connectivity index (χ1n) is 19.7. The van der Waals surface area contributed by atoms with Gasteiger partial charge in [-0.2, -0.15) is 0 Å². The highest BCUT2D eigenvalue weighted by atomic mass is 31.2. The van der Waals surface area contributed by atoms with Crippen LogP contribution in [-0.2, 0) is 23.2 Å². The van der Waals surface area contributed by atoms with Gasteiger partial charge >= 0.3 is 0 Å². The minimum atomic E-state index is -5.26. The molecule has 0 radical (unpaired) electrons. The summed E-state index contributed by atoms with van der Waals surface area (Å²) in [6, 6.07) is 0. The van der Waals surface area contributed by atoms with Crippen LogP contribution in [0.4, 0.5) is 0 Å². The topological polar surface area (TPSA) is 133 Å². The van der Waals surface area contributed by atoms with Crippen molar-refractivity contribution in [2.75, 3.05) is 34.3 Å². The summed E-state index contributed by atoms with van der Waals surface area (Å²) in [4.78, 5) is 40.9. The van der Waals surface area contributed by atoms with Crippen molar-refractivity contribution >= 4 is 19.4 Å². The van der Waals surface area contributed by atoms with Crippen molar-refractivity contribution in [3.63, 3.8) is 0 Å². The van der Waals surface area contributed by atoms with Crippen molar-refractivity contribution < 1.29 is 42.8 Å². The zero-order chi connectivity index (χ0) is 36.3. The van der Waals surface area contributed by atoms with Gasteiger partial charge in [0.1, 0.15) is 18.8 Å². The van der Waals surface area contributed by atoms with E-state index in [0.717, 1.165) is 51.4 Å². The SMILES string of the molecule is CCCCCCCCCCCCCC(=O)C(OP(=O)([O-])OC(CC)C[N+](C)(C)C)(C(=O)CCCCCCCCCCCCC)[C@@H](O)CO. The van der Waals surface area contributed by atoms with Crippen LogP contribution in [0.25, 0.3) is 0 Å². The van der Waals surface area contributed by atoms with Crippen LogP contribution in [0.15, 0.2) is 0 Å². The van der Waals surface area contributed by atoms with Crippen molar-refractivity contribution in [1.29, 1.82) is 0 Å². The molecule has 0 saturated heterocycles. The lowest BCUT2D eigenvalue weighted by atomic mass is 9.82. The number of ketones is 2. The van der Waals surface area contributed by atoms with E-state index in [9.17, 15) is 29.3 Å². The summed E-state index contributed by atoms with van der Waals surface area (Å²) in [6.07, 6.45) is 20.9. The molecule has 0 aromatic rings. The summed E-state index contributed by atoms with van der Waals surface area (Å²) < 4.78 is 24.6. The molecule has 10 heteroatoms. The predicted octanol–water partition coefficient (Wildman–Crippen LogP) is 8.61. The fourth-order valence-electron chi connectivity index (χ4n) is 6.32. The molecule has 0 fully saturated rings. The van der Waals surface area contributed by atoms with Gasteiger partial charge in [-0.05, 0) is 19.3 Å². The van der Waals surface area contributed by atoms with E-state index < -0.39 is 43.8 Å². The Morgan fingerprint density at radius 2 is 1.00 bits per heavy atom. The minimum absolute atomic E-state index is 0.131. The van der Waals surface area contributed by atoms with Crippen LogP contribution in [-0.4, -0.2) is 78.4 Å². The molecule has 0 rings (SSSR count). The van der Waals surface area contributed by atoms with Crippen LogP contribution in [0.3, 0.4) is 0 Å². The normalized spacial score (nSPS) is 14.9. The van der Waals surface area contributed by atoms with Crippen LogP contribution < -0.4 is 4.89 Å². The fourth-order valence-corrected chi connectivity index (χ4v) is 7.62. The summed E-state index contributed by atoms with van der Waals surface area (Å²) in [5.41, 5.74) is -2.72. The third kappa shape index (κ3) is 22.2. The Bertz CT molecular complexity index is 824. The van der Waals surface area contributed by atoms with E-state index in [-0.39, 0.29) is 12.8 Å². The summed E-state index contributed by atoms with van der Waals surface area (Å²) >= 11 is 0. The van der Waals surface area contributed by atoms with Gasteiger partial charge < -0.3 is 24.1 Å². The van der Waals surface area contributed by atoms with Crippen molar-refractivity contribution in [2.45, 2.75) is 199 Å². The average molecular weight is 706 g/mol. The Morgan fingerprint density at radius 1 is 0.667 bits per heavy atom. The molecule has 2 unspecified atom stereocenters. The van der Waals surface area contributed by atoms with E-state index in [2.05, 4.69) is 13.8 Å². The Morgan fingerprint density at radius 3 is 1.29 bits per heavy atom. The van der Waals surface area contributed by atoms with Gasteiger partial charge in [-0.15, -0.1) is 0 Å². The first-order valence-corrected chi connectivity index (χ1v) is 21.1. The molecule has 0 aromatic carbocycles. The van der Waals surface area contributed by atoms with Gasteiger partial charge in [0.15, 0.2) is 11.6 Å². The Balaban J connectivity index is 5.44. The summed E-state index contributed by atoms with van der Waals surface area (Å²) in [5.74, 6) is -1.63. The minimum Gasteiger partial charge on any atom is -0.756 e. The molecule has 0 aliphatic heterocycles. The maximum Gasteiger partial charge on any atom is 0.269 e. The molecular weight excluding hydrogens is 629 g/mol. The Hall–Kier alpha value is -0.670. The zero-order valence-electron chi connectivity index (χ0n) is 32.0. The molecule has 286 valence electrons. The number of quaternary nitrogens is 1. The molecule has 2 N–H and O–H groups in total. The number of hydrogen-bond donors (Lipinski definition) is 2. The number of phosphoric ester groups is 1. The summed E-state index contributed by atoms with van der Waals surface area (Å²) in [7, 11) is 0.442. The highest BCUT2D eigenvalue weighted by Gasteiger charge is 2.54. The quantitative estimate of drug-likeness (QED) is 0.0290. The van der Waals surface area contributed by atoms with E-state index in [4.69, 9.17) is 9.05 Å². The van der Waals surface area contributed by atoms with Crippen molar-refractivity contribution in [2.24, 2.45) is 0 Å². The smallest absolute Gasteiger partial charge is 0.269 e. The lowest BCUT2D eigenvalue weighted by Gasteiger charge is -2.40. The number of unbranched alkanes of at least 4 members (excludes halogenated alkanes) is 20. The Labute approximate surface area is 295 Å². The second kappa shape index (κ2) is 28.0. The molecule has 48 heavy (non-hydrogen) atoms. The van der Waals surface area contributed by atoms with Crippen LogP contribution >= 0.6 is 7.82 Å². The zero-order valence-corrected chi connectivity index (χ0v) is 32.9. The van der Waals surface area contributed by atoms with Crippen LogP contribution in [0.2, 0.25) is 0 Å². The first-order chi connectivity index (χ1) is 22.8. The second-order valence-electron chi connectivity index (χ2n) is 15.0. The van der Waals surface area contributed by atoms with E-state index in [1.54, 1.807) is 6.92 Å². The van der Waals surface area contributed by atoms with Crippen LogP contribution in [0.5, 0.6) is 0 Å². The molecule has 0 amide bonds. The molecule has 9 nitrogen and oxygen atoms in total. The molecular formula is C38H76NO8P. The summed E-state index contributed by atoms with van der Waals surface area (Å²) in [6.45, 7) is 5.56. The highest BCUT2D eigenvalue weighted by Crippen LogP contribution is 2.47. The molecule has 0 spiro atoms. The van der Waals surface area contributed by atoms with Gasteiger partial charge in [0.25, 0.3) is 7.82 Å². The number of nitrogens with zero attached hydrogens (tertiary/aromatic N) is 1. The van der Waals surface area contributed by atoms with Gasteiger partial charge in [-0.1, -0.05) is 149 Å². The molecule has 0 aromatic heterocycles. The maximum absolute atomic E-state index is 13.8. The number of hydrogen-bond acceptors (Lipinski definition) is 8. The van der Waals surface area contributed by atoms with Gasteiger partial charge in [-0.25, -0.2) is 0 Å². The van der Waals surface area contributed by atoms with Crippen molar-refractivity contribution in [1.82, 2.24) is 0 Å². The van der Waals surface area contributed by atoms with Gasteiger partial charge in [0.2, 0.25) is 5.60 Å². The second-order valence-corrected chi connectivity index (χ2v) is 16.3. The first kappa shape index (κ1) is 47.3. The Kier molecular flexibility index (Phi) is 27.6. The predicted molar refractivity (Wildman–Crippen MR) is 195 cm³/mol. The lowest BCUT2D eigenvalue weighted by molar-refractivity contribution is -0.873. The number of carbonyl (C=O) groups excluding carboxylic acids is 2. The fraction of sp³-hybridized carbons (Fsp3) is 0.947. The third-order valence-corrected chi connectivity index (χ3v) is 10.3. The molecule has 3 atom stereocenters. The number of Topliss-reactive ketones (excluding diaryl/α,β-unsaturated/α-hetero) is 2. The average Bonchev–Trinajstić information content (AvgIpc) is 3.03. The monoisotopic (exact) mass is 706 g/mol. The molecule has 0 heterocycles. The maximum atomic E-state index is 13.8. The van der Waals surface area contributed by atoms with Gasteiger partial charge in [0.05, 0.1) is 27.7 Å². The number of carbonyl (C=O) groups is 2. The van der Waals surface area contributed by atoms with Crippen LogP contribution in [0, 0.1) is 0 Å². The molecule has 0 aliphatic rings. The van der Waals surface area contributed by atoms with Crippen molar-refractivity contribution in [3.05, 3.63) is 0 Å². The van der Waals surface area contributed by atoms with Crippen LogP contribution in [0.1, 0.15) is 181 Å².